The molecular formula is C10H24O6. The van der Waals surface area contributed by atoms with Gasteiger partial charge in [0, 0.05) is 13.2 Å². The Balaban J connectivity index is 0. The van der Waals surface area contributed by atoms with Crippen molar-refractivity contribution in [1.29, 1.82) is 0 Å². The Morgan fingerprint density at radius 3 is 1.50 bits per heavy atom. The van der Waals surface area contributed by atoms with Gasteiger partial charge in [-0.3, -0.25) is 0 Å². The molecule has 0 aromatic carbocycles. The van der Waals surface area contributed by atoms with E-state index in [-0.39, 0.29) is 19.8 Å². The van der Waals surface area contributed by atoms with Crippen molar-refractivity contribution < 1.29 is 29.9 Å². The van der Waals surface area contributed by atoms with Gasteiger partial charge in [-0.15, -0.1) is 0 Å². The van der Waals surface area contributed by atoms with Gasteiger partial charge < -0.3 is 29.9 Å². The number of ether oxygens (including phenoxy) is 2. The summed E-state index contributed by atoms with van der Waals surface area (Å²) >= 11 is 0. The van der Waals surface area contributed by atoms with Gasteiger partial charge in [0.2, 0.25) is 0 Å². The Bertz CT molecular complexity index is 101. The number of hydrogen-bond acceptors (Lipinski definition) is 6. The van der Waals surface area contributed by atoms with Crippen LogP contribution >= 0.6 is 0 Å². The summed E-state index contributed by atoms with van der Waals surface area (Å²) in [4.78, 5) is 0. The SMILES string of the molecule is CC(O)CO.OCCOCCCOCCO. The lowest BCUT2D eigenvalue weighted by atomic mass is 10.5. The number of aliphatic hydroxyl groups is 4. The van der Waals surface area contributed by atoms with Crippen molar-refractivity contribution in [2.45, 2.75) is 19.4 Å². The van der Waals surface area contributed by atoms with Crippen molar-refractivity contribution in [3.05, 3.63) is 0 Å². The van der Waals surface area contributed by atoms with E-state index in [4.69, 9.17) is 29.9 Å². The van der Waals surface area contributed by atoms with Crippen LogP contribution in [-0.2, 0) is 9.47 Å². The quantitative estimate of drug-likeness (QED) is 0.376. The summed E-state index contributed by atoms with van der Waals surface area (Å²) < 4.78 is 9.94. The Kier molecular flexibility index (Phi) is 19.5. The van der Waals surface area contributed by atoms with Crippen LogP contribution in [0.5, 0.6) is 0 Å². The summed E-state index contributed by atoms with van der Waals surface area (Å²) in [6.45, 7) is 3.51. The maximum Gasteiger partial charge on any atom is 0.0742 e. The third-order valence-electron chi connectivity index (χ3n) is 1.31. The van der Waals surface area contributed by atoms with Crippen LogP contribution in [0.15, 0.2) is 0 Å². The molecular weight excluding hydrogens is 216 g/mol. The number of hydrogen-bond donors (Lipinski definition) is 4. The molecule has 0 saturated heterocycles. The van der Waals surface area contributed by atoms with Crippen LogP contribution in [0, 0.1) is 0 Å². The molecule has 100 valence electrons. The highest BCUT2D eigenvalue weighted by Gasteiger charge is 1.88. The van der Waals surface area contributed by atoms with Gasteiger partial charge in [-0.2, -0.15) is 0 Å². The molecule has 4 N–H and O–H groups in total. The summed E-state index contributed by atoms with van der Waals surface area (Å²) in [5.74, 6) is 0. The Morgan fingerprint density at radius 2 is 1.25 bits per heavy atom. The normalized spacial score (nSPS) is 11.8. The van der Waals surface area contributed by atoms with E-state index in [1.165, 1.54) is 6.92 Å². The molecule has 0 heterocycles. The molecule has 6 nitrogen and oxygen atoms in total. The largest absolute Gasteiger partial charge is 0.394 e. The van der Waals surface area contributed by atoms with E-state index in [2.05, 4.69) is 0 Å². The van der Waals surface area contributed by atoms with Gasteiger partial charge in [0.05, 0.1) is 39.1 Å². The maximum atomic E-state index is 8.32. The second-order valence-corrected chi connectivity index (χ2v) is 3.06. The standard InChI is InChI=1S/C7H16O4.C3H8O2/c8-2-6-10-4-1-5-11-7-3-9;1-3(5)2-4/h8-9H,1-7H2;3-5H,2H2,1H3. The van der Waals surface area contributed by atoms with Crippen molar-refractivity contribution in [2.24, 2.45) is 0 Å². The average molecular weight is 240 g/mol. The molecule has 0 aromatic heterocycles. The van der Waals surface area contributed by atoms with Crippen LogP contribution in [0.1, 0.15) is 13.3 Å². The highest BCUT2D eigenvalue weighted by Crippen LogP contribution is 1.84. The highest BCUT2D eigenvalue weighted by molar-refractivity contribution is 4.35. The lowest BCUT2D eigenvalue weighted by molar-refractivity contribution is 0.0526. The lowest BCUT2D eigenvalue weighted by Gasteiger charge is -2.02. The summed E-state index contributed by atoms with van der Waals surface area (Å²) in [7, 11) is 0. The van der Waals surface area contributed by atoms with Gasteiger partial charge in [-0.1, -0.05) is 0 Å². The van der Waals surface area contributed by atoms with E-state index in [1.807, 2.05) is 0 Å². The van der Waals surface area contributed by atoms with Gasteiger partial charge in [0.15, 0.2) is 0 Å². The molecule has 1 atom stereocenters. The van der Waals surface area contributed by atoms with Crippen LogP contribution in [0.25, 0.3) is 0 Å². The molecule has 0 aliphatic carbocycles. The Labute approximate surface area is 96.4 Å². The number of aliphatic hydroxyl groups excluding tert-OH is 4. The van der Waals surface area contributed by atoms with Crippen molar-refractivity contribution in [1.82, 2.24) is 0 Å². The zero-order valence-corrected chi connectivity index (χ0v) is 9.84. The van der Waals surface area contributed by atoms with E-state index < -0.39 is 6.10 Å². The van der Waals surface area contributed by atoms with Gasteiger partial charge in [-0.25, -0.2) is 0 Å². The summed E-state index contributed by atoms with van der Waals surface area (Å²) in [6, 6.07) is 0. The Morgan fingerprint density at radius 1 is 0.875 bits per heavy atom. The molecule has 0 bridgehead atoms. The van der Waals surface area contributed by atoms with Crippen LogP contribution < -0.4 is 0 Å². The minimum Gasteiger partial charge on any atom is -0.394 e. The maximum absolute atomic E-state index is 8.32. The van der Waals surface area contributed by atoms with Gasteiger partial charge >= 0.3 is 0 Å². The molecule has 0 amide bonds. The van der Waals surface area contributed by atoms with E-state index in [9.17, 15) is 0 Å². The topological polar surface area (TPSA) is 99.4 Å². The molecule has 0 rings (SSSR count). The first kappa shape index (κ1) is 18.1. The van der Waals surface area contributed by atoms with Gasteiger partial charge in [0.1, 0.15) is 0 Å². The fourth-order valence-corrected chi connectivity index (χ4v) is 0.596. The first-order valence-electron chi connectivity index (χ1n) is 5.35. The molecule has 0 aliphatic heterocycles. The zero-order valence-electron chi connectivity index (χ0n) is 9.84. The molecule has 0 spiro atoms. The predicted octanol–water partition coefficient (Wildman–Crippen LogP) is -1.25. The average Bonchev–Trinajstić information content (AvgIpc) is 2.29. The van der Waals surface area contributed by atoms with E-state index in [1.54, 1.807) is 0 Å². The third kappa shape index (κ3) is 23.5. The molecule has 16 heavy (non-hydrogen) atoms. The monoisotopic (exact) mass is 240 g/mol. The highest BCUT2D eigenvalue weighted by atomic mass is 16.5. The summed E-state index contributed by atoms with van der Waals surface area (Å²) in [6.07, 6.45) is 0.245. The minimum absolute atomic E-state index is 0.0670. The molecule has 6 heteroatoms. The molecule has 0 fully saturated rings. The van der Waals surface area contributed by atoms with Gasteiger partial charge in [-0.05, 0) is 13.3 Å². The van der Waals surface area contributed by atoms with Crippen molar-refractivity contribution in [3.63, 3.8) is 0 Å². The lowest BCUT2D eigenvalue weighted by Crippen LogP contribution is -2.06. The number of rotatable bonds is 9. The summed E-state index contributed by atoms with van der Waals surface area (Å²) in [5, 5.41) is 32.6. The van der Waals surface area contributed by atoms with Crippen LogP contribution in [-0.4, -0.2) is 72.8 Å². The zero-order chi connectivity index (χ0) is 12.6. The molecule has 0 aromatic rings. The smallest absolute Gasteiger partial charge is 0.0742 e. The second-order valence-electron chi connectivity index (χ2n) is 3.06. The third-order valence-corrected chi connectivity index (χ3v) is 1.31. The van der Waals surface area contributed by atoms with Crippen molar-refractivity contribution >= 4 is 0 Å². The minimum atomic E-state index is -0.560. The van der Waals surface area contributed by atoms with Crippen LogP contribution in [0.2, 0.25) is 0 Å². The first-order valence-corrected chi connectivity index (χ1v) is 5.35. The van der Waals surface area contributed by atoms with E-state index in [0.717, 1.165) is 6.42 Å². The molecule has 0 radical (unpaired) electrons. The van der Waals surface area contributed by atoms with Crippen molar-refractivity contribution in [2.75, 3.05) is 46.2 Å². The second kappa shape index (κ2) is 17.2. The summed E-state index contributed by atoms with van der Waals surface area (Å²) in [5.41, 5.74) is 0. The molecule has 1 unspecified atom stereocenters. The first-order chi connectivity index (χ1) is 7.68. The van der Waals surface area contributed by atoms with E-state index in [0.29, 0.717) is 26.4 Å². The van der Waals surface area contributed by atoms with Crippen molar-refractivity contribution in [3.8, 4) is 0 Å². The predicted molar refractivity (Wildman–Crippen MR) is 59.2 cm³/mol. The Hall–Kier alpha value is -0.240. The fraction of sp³-hybridized carbons (Fsp3) is 1.00. The van der Waals surface area contributed by atoms with Crippen LogP contribution in [0.4, 0.5) is 0 Å². The van der Waals surface area contributed by atoms with E-state index >= 15 is 0 Å². The molecule has 0 aliphatic rings. The van der Waals surface area contributed by atoms with Crippen LogP contribution in [0.3, 0.4) is 0 Å². The fourth-order valence-electron chi connectivity index (χ4n) is 0.596. The van der Waals surface area contributed by atoms with Gasteiger partial charge in [0.25, 0.3) is 0 Å². The molecule has 0 saturated carbocycles.